The average molecular weight is 447 g/mol. The fourth-order valence-electron chi connectivity index (χ4n) is 3.15. The Balaban J connectivity index is 1.72. The van der Waals surface area contributed by atoms with Gasteiger partial charge in [0.2, 0.25) is 15.9 Å². The van der Waals surface area contributed by atoms with Crippen LogP contribution in [-0.4, -0.2) is 31.7 Å². The Hall–Kier alpha value is -2.10. The summed E-state index contributed by atoms with van der Waals surface area (Å²) in [5.41, 5.74) is -0.853. The Morgan fingerprint density at radius 2 is 1.83 bits per heavy atom. The molecule has 1 amide bonds. The van der Waals surface area contributed by atoms with Crippen LogP contribution < -0.4 is 5.32 Å². The zero-order chi connectivity index (χ0) is 21.2. The summed E-state index contributed by atoms with van der Waals surface area (Å²) in [5, 5.41) is 2.87. The van der Waals surface area contributed by atoms with E-state index in [1.165, 1.54) is 40.7 Å². The molecule has 10 heteroatoms. The lowest BCUT2D eigenvalue weighted by Gasteiger charge is -2.31. The van der Waals surface area contributed by atoms with E-state index in [1.807, 2.05) is 0 Å². The van der Waals surface area contributed by atoms with Gasteiger partial charge in [0.1, 0.15) is 0 Å². The number of benzene rings is 2. The van der Waals surface area contributed by atoms with Gasteiger partial charge in [-0.15, -0.1) is 0 Å². The minimum Gasteiger partial charge on any atom is -0.326 e. The third-order valence-electron chi connectivity index (χ3n) is 4.66. The lowest BCUT2D eigenvalue weighted by Crippen LogP contribution is -2.43. The number of nitrogens with one attached hydrogen (secondary N) is 1. The molecule has 1 heterocycles. The number of piperidine rings is 1. The average Bonchev–Trinajstić information content (AvgIpc) is 2.68. The number of hydrogen-bond donors (Lipinski definition) is 1. The van der Waals surface area contributed by atoms with Crippen molar-refractivity contribution < 1.29 is 26.4 Å². The van der Waals surface area contributed by atoms with Crippen molar-refractivity contribution in [2.24, 2.45) is 5.92 Å². The molecular formula is C19H18ClF3N2O3S. The van der Waals surface area contributed by atoms with Crippen LogP contribution in [0, 0.1) is 5.92 Å². The molecule has 0 bridgehead atoms. The number of carbonyl (C=O) groups is 1. The molecule has 29 heavy (non-hydrogen) atoms. The summed E-state index contributed by atoms with van der Waals surface area (Å²) >= 11 is 5.80. The SMILES string of the molecule is O=C(Nc1cccc(C(F)(F)F)c1)[C@@H]1CCCN(S(=O)(=O)c2ccc(Cl)cc2)C1. The normalized spacial score (nSPS) is 18.4. The third kappa shape index (κ3) is 5.09. The molecule has 0 unspecified atom stereocenters. The van der Waals surface area contributed by atoms with E-state index in [-0.39, 0.29) is 23.7 Å². The van der Waals surface area contributed by atoms with Crippen LogP contribution in [0.25, 0.3) is 0 Å². The van der Waals surface area contributed by atoms with Gasteiger partial charge < -0.3 is 5.32 Å². The molecule has 3 rings (SSSR count). The summed E-state index contributed by atoms with van der Waals surface area (Å²) in [6.45, 7) is 0.216. The lowest BCUT2D eigenvalue weighted by molar-refractivity contribution is -0.137. The molecule has 1 aliphatic heterocycles. The predicted molar refractivity (Wildman–Crippen MR) is 103 cm³/mol. The summed E-state index contributed by atoms with van der Waals surface area (Å²) < 4.78 is 65.3. The van der Waals surface area contributed by atoms with Crippen LogP contribution in [0.5, 0.6) is 0 Å². The number of hydrogen-bond acceptors (Lipinski definition) is 3. The monoisotopic (exact) mass is 446 g/mol. The molecule has 5 nitrogen and oxygen atoms in total. The van der Waals surface area contributed by atoms with E-state index in [0.29, 0.717) is 17.9 Å². The summed E-state index contributed by atoms with van der Waals surface area (Å²) in [4.78, 5) is 12.6. The first-order valence-electron chi connectivity index (χ1n) is 8.81. The van der Waals surface area contributed by atoms with Crippen molar-refractivity contribution >= 4 is 33.2 Å². The molecule has 156 valence electrons. The number of amides is 1. The summed E-state index contributed by atoms with van der Waals surface area (Å²) in [6, 6.07) is 10.1. The van der Waals surface area contributed by atoms with Gasteiger partial charge in [-0.25, -0.2) is 8.42 Å². The summed E-state index contributed by atoms with van der Waals surface area (Å²) in [7, 11) is -3.80. The van der Waals surface area contributed by atoms with Gasteiger partial charge in [0.05, 0.1) is 16.4 Å². The fourth-order valence-corrected chi connectivity index (χ4v) is 4.80. The van der Waals surface area contributed by atoms with Crippen molar-refractivity contribution in [1.29, 1.82) is 0 Å². The van der Waals surface area contributed by atoms with Crippen molar-refractivity contribution in [3.63, 3.8) is 0 Å². The van der Waals surface area contributed by atoms with Crippen molar-refractivity contribution in [2.75, 3.05) is 18.4 Å². The van der Waals surface area contributed by atoms with Gasteiger partial charge in [-0.05, 0) is 55.3 Å². The molecule has 0 aliphatic carbocycles. The van der Waals surface area contributed by atoms with Crippen LogP contribution in [0.15, 0.2) is 53.4 Å². The number of carbonyl (C=O) groups excluding carboxylic acids is 1. The van der Waals surface area contributed by atoms with Gasteiger partial charge in [0, 0.05) is 23.8 Å². The van der Waals surface area contributed by atoms with Gasteiger partial charge in [0.25, 0.3) is 0 Å². The Bertz CT molecular complexity index is 995. The fraction of sp³-hybridized carbons (Fsp3) is 0.316. The smallest absolute Gasteiger partial charge is 0.326 e. The minimum atomic E-state index is -4.52. The molecule has 0 aromatic heterocycles. The first kappa shape index (κ1) is 21.6. The number of sulfonamides is 1. The molecule has 0 radical (unpaired) electrons. The maximum Gasteiger partial charge on any atom is 0.416 e. The highest BCUT2D eigenvalue weighted by molar-refractivity contribution is 7.89. The molecular weight excluding hydrogens is 429 g/mol. The van der Waals surface area contributed by atoms with E-state index >= 15 is 0 Å². The molecule has 1 saturated heterocycles. The highest BCUT2D eigenvalue weighted by Crippen LogP contribution is 2.31. The quantitative estimate of drug-likeness (QED) is 0.757. The molecule has 2 aromatic carbocycles. The third-order valence-corrected chi connectivity index (χ3v) is 6.80. The van der Waals surface area contributed by atoms with Gasteiger partial charge in [0.15, 0.2) is 0 Å². The second-order valence-corrected chi connectivity index (χ2v) is 9.10. The van der Waals surface area contributed by atoms with Crippen LogP contribution in [0.4, 0.5) is 18.9 Å². The Morgan fingerprint density at radius 3 is 2.48 bits per heavy atom. The van der Waals surface area contributed by atoms with Crippen molar-refractivity contribution in [1.82, 2.24) is 4.31 Å². The zero-order valence-corrected chi connectivity index (χ0v) is 16.7. The van der Waals surface area contributed by atoms with E-state index in [4.69, 9.17) is 11.6 Å². The van der Waals surface area contributed by atoms with E-state index in [0.717, 1.165) is 12.1 Å². The topological polar surface area (TPSA) is 66.5 Å². The summed E-state index contributed by atoms with van der Waals surface area (Å²) in [5.74, 6) is -1.18. The lowest BCUT2D eigenvalue weighted by atomic mass is 9.98. The standard InChI is InChI=1S/C19H18ClF3N2O3S/c20-15-6-8-17(9-7-15)29(27,28)25-10-2-3-13(12-25)18(26)24-16-5-1-4-14(11-16)19(21,22)23/h1,4-9,11,13H,2-3,10,12H2,(H,24,26)/t13-/m1/s1. The van der Waals surface area contributed by atoms with Crippen molar-refractivity contribution in [2.45, 2.75) is 23.9 Å². The molecule has 0 saturated carbocycles. The maximum absolute atomic E-state index is 12.8. The second-order valence-electron chi connectivity index (χ2n) is 6.72. The molecule has 1 N–H and O–H groups in total. The number of anilines is 1. The molecule has 1 atom stereocenters. The second kappa shape index (κ2) is 8.33. The summed E-state index contributed by atoms with van der Waals surface area (Å²) in [6.07, 6.45) is -3.61. The van der Waals surface area contributed by atoms with Crippen LogP contribution in [0.2, 0.25) is 5.02 Å². The first-order valence-corrected chi connectivity index (χ1v) is 10.6. The minimum absolute atomic E-state index is 0.0162. The molecule has 2 aromatic rings. The number of rotatable bonds is 4. The van der Waals surface area contributed by atoms with E-state index in [1.54, 1.807) is 0 Å². The Labute approximate surface area is 171 Å². The first-order chi connectivity index (χ1) is 13.6. The highest BCUT2D eigenvalue weighted by Gasteiger charge is 2.34. The maximum atomic E-state index is 12.8. The van der Waals surface area contributed by atoms with Gasteiger partial charge in [-0.2, -0.15) is 17.5 Å². The number of nitrogens with zero attached hydrogens (tertiary/aromatic N) is 1. The Kier molecular flexibility index (Phi) is 6.21. The largest absolute Gasteiger partial charge is 0.416 e. The van der Waals surface area contributed by atoms with E-state index < -0.39 is 33.6 Å². The van der Waals surface area contributed by atoms with Crippen LogP contribution in [0.1, 0.15) is 18.4 Å². The van der Waals surface area contributed by atoms with Crippen LogP contribution in [-0.2, 0) is 21.0 Å². The van der Waals surface area contributed by atoms with Gasteiger partial charge in [-0.1, -0.05) is 17.7 Å². The van der Waals surface area contributed by atoms with Crippen molar-refractivity contribution in [3.05, 3.63) is 59.1 Å². The van der Waals surface area contributed by atoms with E-state index in [9.17, 15) is 26.4 Å². The highest BCUT2D eigenvalue weighted by atomic mass is 35.5. The Morgan fingerprint density at radius 1 is 1.14 bits per heavy atom. The predicted octanol–water partition coefficient (Wildman–Crippen LogP) is 4.40. The van der Waals surface area contributed by atoms with Crippen LogP contribution >= 0.6 is 11.6 Å². The molecule has 1 fully saturated rings. The number of halogens is 4. The van der Waals surface area contributed by atoms with Gasteiger partial charge in [-0.3, -0.25) is 4.79 Å². The van der Waals surface area contributed by atoms with Crippen LogP contribution in [0.3, 0.4) is 0 Å². The van der Waals surface area contributed by atoms with Gasteiger partial charge >= 0.3 is 6.18 Å². The number of alkyl halides is 3. The van der Waals surface area contributed by atoms with E-state index in [2.05, 4.69) is 5.32 Å². The molecule has 1 aliphatic rings. The van der Waals surface area contributed by atoms with Crippen molar-refractivity contribution in [3.8, 4) is 0 Å². The molecule has 0 spiro atoms. The zero-order valence-electron chi connectivity index (χ0n) is 15.1.